The molecule has 0 saturated carbocycles. The van der Waals surface area contributed by atoms with Crippen molar-refractivity contribution < 1.29 is 22.6 Å². The number of benzene rings is 3. The molecule has 3 aromatic rings. The van der Waals surface area contributed by atoms with Crippen LogP contribution in [0.5, 0.6) is 11.5 Å². The highest BCUT2D eigenvalue weighted by Crippen LogP contribution is 2.30. The second-order valence-corrected chi connectivity index (χ2v) is 6.32. The number of unbranched alkanes of at least 4 members (excludes halogenated alkanes) is 1. The van der Waals surface area contributed by atoms with Crippen molar-refractivity contribution in [2.45, 2.75) is 26.4 Å². The molecule has 0 amide bonds. The van der Waals surface area contributed by atoms with Gasteiger partial charge in [-0.15, -0.1) is 0 Å². The predicted octanol–water partition coefficient (Wildman–Crippen LogP) is 6.94. The molecular weight excluding hydrogens is 365 g/mol. The van der Waals surface area contributed by atoms with Crippen molar-refractivity contribution in [1.29, 1.82) is 0 Å². The third-order valence-electron chi connectivity index (χ3n) is 4.32. The van der Waals surface area contributed by atoms with Gasteiger partial charge in [0, 0.05) is 11.6 Å². The molecule has 146 valence electrons. The van der Waals surface area contributed by atoms with E-state index in [1.807, 2.05) is 36.4 Å². The highest BCUT2D eigenvalue weighted by Gasteiger charge is 2.10. The molecule has 0 aliphatic heterocycles. The van der Waals surface area contributed by atoms with Crippen molar-refractivity contribution in [2.75, 3.05) is 6.61 Å². The molecule has 0 aliphatic carbocycles. The molecule has 5 heteroatoms. The average molecular weight is 386 g/mol. The lowest BCUT2D eigenvalue weighted by molar-refractivity contribution is -0.0499. The van der Waals surface area contributed by atoms with Gasteiger partial charge >= 0.3 is 6.61 Å². The SMILES string of the molecule is CCCCOc1ccc(-c2ccc(-c3ccc(OC(F)F)cc3F)cc2)cc1. The molecule has 0 atom stereocenters. The van der Waals surface area contributed by atoms with Gasteiger partial charge in [-0.05, 0) is 47.4 Å². The van der Waals surface area contributed by atoms with Crippen molar-refractivity contribution in [1.82, 2.24) is 0 Å². The molecule has 0 aliphatic rings. The molecule has 0 radical (unpaired) electrons. The van der Waals surface area contributed by atoms with Crippen molar-refractivity contribution in [2.24, 2.45) is 0 Å². The highest BCUT2D eigenvalue weighted by atomic mass is 19.3. The molecule has 2 nitrogen and oxygen atoms in total. The van der Waals surface area contributed by atoms with Crippen molar-refractivity contribution in [3.05, 3.63) is 72.5 Å². The minimum Gasteiger partial charge on any atom is -0.494 e. The summed E-state index contributed by atoms with van der Waals surface area (Å²) in [6, 6.07) is 18.9. The standard InChI is InChI=1S/C23H21F3O2/c1-2-3-14-27-19-10-8-17(9-11-19)16-4-6-18(7-5-16)21-13-12-20(15-22(21)24)28-23(25)26/h4-13,15,23H,2-3,14H2,1H3. The molecule has 0 unspecified atom stereocenters. The fourth-order valence-corrected chi connectivity index (χ4v) is 2.83. The van der Waals surface area contributed by atoms with Gasteiger partial charge in [0.25, 0.3) is 0 Å². The molecule has 0 saturated heterocycles. The Labute approximate surface area is 162 Å². The van der Waals surface area contributed by atoms with E-state index in [0.29, 0.717) is 17.7 Å². The predicted molar refractivity (Wildman–Crippen MR) is 104 cm³/mol. The van der Waals surface area contributed by atoms with Crippen LogP contribution in [0.2, 0.25) is 0 Å². The molecule has 0 heterocycles. The van der Waals surface area contributed by atoms with Gasteiger partial charge < -0.3 is 9.47 Å². The van der Waals surface area contributed by atoms with E-state index in [4.69, 9.17) is 4.74 Å². The van der Waals surface area contributed by atoms with Gasteiger partial charge in [-0.3, -0.25) is 0 Å². The van der Waals surface area contributed by atoms with E-state index in [-0.39, 0.29) is 5.75 Å². The maximum absolute atomic E-state index is 14.2. The Bertz CT molecular complexity index is 891. The van der Waals surface area contributed by atoms with E-state index in [2.05, 4.69) is 11.7 Å². The summed E-state index contributed by atoms with van der Waals surface area (Å²) in [6.07, 6.45) is 2.11. The average Bonchev–Trinajstić information content (AvgIpc) is 2.69. The normalized spacial score (nSPS) is 10.9. The summed E-state index contributed by atoms with van der Waals surface area (Å²) < 4.78 is 48.6. The summed E-state index contributed by atoms with van der Waals surface area (Å²) in [5, 5.41) is 0. The first-order valence-electron chi connectivity index (χ1n) is 9.15. The van der Waals surface area contributed by atoms with E-state index in [0.717, 1.165) is 35.8 Å². The summed E-state index contributed by atoms with van der Waals surface area (Å²) in [7, 11) is 0. The van der Waals surface area contributed by atoms with E-state index >= 15 is 0 Å². The van der Waals surface area contributed by atoms with Crippen LogP contribution in [-0.4, -0.2) is 13.2 Å². The number of rotatable bonds is 8. The first kappa shape index (κ1) is 19.8. The summed E-state index contributed by atoms with van der Waals surface area (Å²) in [4.78, 5) is 0. The highest BCUT2D eigenvalue weighted by molar-refractivity contribution is 5.71. The Morgan fingerprint density at radius 3 is 1.93 bits per heavy atom. The minimum absolute atomic E-state index is 0.200. The summed E-state index contributed by atoms with van der Waals surface area (Å²) in [5.74, 6) is 0.0237. The summed E-state index contributed by atoms with van der Waals surface area (Å²) in [5.41, 5.74) is 3.00. The minimum atomic E-state index is -2.98. The van der Waals surface area contributed by atoms with Gasteiger partial charge in [0.2, 0.25) is 0 Å². The van der Waals surface area contributed by atoms with Crippen LogP contribution in [0.4, 0.5) is 13.2 Å². The summed E-state index contributed by atoms with van der Waals surface area (Å²) in [6.45, 7) is -0.155. The Morgan fingerprint density at radius 2 is 1.36 bits per heavy atom. The topological polar surface area (TPSA) is 18.5 Å². The smallest absolute Gasteiger partial charge is 0.387 e. The third kappa shape index (κ3) is 5.06. The van der Waals surface area contributed by atoms with Gasteiger partial charge in [0.05, 0.1) is 6.61 Å². The van der Waals surface area contributed by atoms with Gasteiger partial charge in [-0.25, -0.2) is 4.39 Å². The van der Waals surface area contributed by atoms with Crippen LogP contribution in [0.1, 0.15) is 19.8 Å². The monoisotopic (exact) mass is 386 g/mol. The maximum atomic E-state index is 14.2. The summed E-state index contributed by atoms with van der Waals surface area (Å²) >= 11 is 0. The third-order valence-corrected chi connectivity index (χ3v) is 4.32. The van der Waals surface area contributed by atoms with Crippen LogP contribution in [-0.2, 0) is 0 Å². The van der Waals surface area contributed by atoms with E-state index in [1.165, 1.54) is 12.1 Å². The zero-order valence-electron chi connectivity index (χ0n) is 15.5. The fraction of sp³-hybridized carbons (Fsp3) is 0.217. The molecule has 0 fully saturated rings. The molecule has 0 spiro atoms. The van der Waals surface area contributed by atoms with E-state index in [9.17, 15) is 13.2 Å². The van der Waals surface area contributed by atoms with Crippen molar-refractivity contribution in [3.8, 4) is 33.8 Å². The number of hydrogen-bond donors (Lipinski definition) is 0. The van der Waals surface area contributed by atoms with Crippen LogP contribution in [0.3, 0.4) is 0 Å². The van der Waals surface area contributed by atoms with Crippen LogP contribution in [0, 0.1) is 5.82 Å². The zero-order chi connectivity index (χ0) is 19.9. The van der Waals surface area contributed by atoms with Crippen LogP contribution in [0.15, 0.2) is 66.7 Å². The van der Waals surface area contributed by atoms with Crippen LogP contribution >= 0.6 is 0 Å². The Hall–Kier alpha value is -2.95. The van der Waals surface area contributed by atoms with Gasteiger partial charge in [0.1, 0.15) is 17.3 Å². The Morgan fingerprint density at radius 1 is 0.786 bits per heavy atom. The van der Waals surface area contributed by atoms with Gasteiger partial charge in [-0.2, -0.15) is 8.78 Å². The lowest BCUT2D eigenvalue weighted by atomic mass is 10.00. The largest absolute Gasteiger partial charge is 0.494 e. The molecule has 0 bridgehead atoms. The lowest BCUT2D eigenvalue weighted by Gasteiger charge is -2.09. The number of hydrogen-bond acceptors (Lipinski definition) is 2. The Kier molecular flexibility index (Phi) is 6.58. The van der Waals surface area contributed by atoms with Gasteiger partial charge in [0.15, 0.2) is 0 Å². The van der Waals surface area contributed by atoms with Crippen LogP contribution in [0.25, 0.3) is 22.3 Å². The van der Waals surface area contributed by atoms with Crippen molar-refractivity contribution >= 4 is 0 Å². The zero-order valence-corrected chi connectivity index (χ0v) is 15.5. The molecule has 3 aromatic carbocycles. The molecule has 3 rings (SSSR count). The first-order valence-corrected chi connectivity index (χ1v) is 9.15. The van der Waals surface area contributed by atoms with Gasteiger partial charge in [-0.1, -0.05) is 49.7 Å². The number of alkyl halides is 2. The fourth-order valence-electron chi connectivity index (χ4n) is 2.83. The second kappa shape index (κ2) is 9.31. The molecule has 0 N–H and O–H groups in total. The number of ether oxygens (including phenoxy) is 2. The quantitative estimate of drug-likeness (QED) is 0.390. The maximum Gasteiger partial charge on any atom is 0.387 e. The molecule has 28 heavy (non-hydrogen) atoms. The first-order chi connectivity index (χ1) is 13.6. The lowest BCUT2D eigenvalue weighted by Crippen LogP contribution is -2.02. The van der Waals surface area contributed by atoms with Crippen LogP contribution < -0.4 is 9.47 Å². The number of halogens is 3. The second-order valence-electron chi connectivity index (χ2n) is 6.32. The van der Waals surface area contributed by atoms with E-state index in [1.54, 1.807) is 12.1 Å². The molecule has 0 aromatic heterocycles. The van der Waals surface area contributed by atoms with Crippen molar-refractivity contribution in [3.63, 3.8) is 0 Å². The Balaban J connectivity index is 1.73. The van der Waals surface area contributed by atoms with E-state index < -0.39 is 12.4 Å². The molecular formula is C23H21F3O2.